The molecular formula is C12H16N4O2. The summed E-state index contributed by atoms with van der Waals surface area (Å²) < 4.78 is 1.94. The van der Waals surface area contributed by atoms with E-state index in [1.807, 2.05) is 17.8 Å². The number of aromatic carboxylic acids is 1. The fraction of sp³-hybridized carbons (Fsp3) is 0.333. The molecule has 2 aromatic heterocycles. The van der Waals surface area contributed by atoms with Crippen LogP contribution in [0.5, 0.6) is 0 Å². The fourth-order valence-corrected chi connectivity index (χ4v) is 1.82. The molecule has 0 saturated heterocycles. The number of aromatic nitrogens is 3. The van der Waals surface area contributed by atoms with E-state index < -0.39 is 5.97 Å². The highest BCUT2D eigenvalue weighted by atomic mass is 16.4. The molecule has 0 spiro atoms. The van der Waals surface area contributed by atoms with Crippen LogP contribution in [0.15, 0.2) is 18.5 Å². The second kappa shape index (κ2) is 5.05. The van der Waals surface area contributed by atoms with E-state index in [9.17, 15) is 4.79 Å². The van der Waals surface area contributed by atoms with Crippen molar-refractivity contribution in [1.29, 1.82) is 0 Å². The van der Waals surface area contributed by atoms with Crippen molar-refractivity contribution in [3.05, 3.63) is 41.2 Å². The van der Waals surface area contributed by atoms with Crippen LogP contribution in [0.2, 0.25) is 0 Å². The zero-order valence-corrected chi connectivity index (χ0v) is 10.4. The predicted octanol–water partition coefficient (Wildman–Crippen LogP) is 1.04. The standard InChI is InChI=1S/C12H16N4O2/c1-8-10(12(17)18)5-9(15-8)6-13-7-11-14-3-4-16(11)2/h3-5,13,15H,6-7H2,1-2H3,(H,17,18). The summed E-state index contributed by atoms with van der Waals surface area (Å²) in [5.74, 6) is 0.0378. The van der Waals surface area contributed by atoms with Gasteiger partial charge in [-0.2, -0.15) is 0 Å². The lowest BCUT2D eigenvalue weighted by Crippen LogP contribution is -2.15. The van der Waals surface area contributed by atoms with Gasteiger partial charge in [0, 0.05) is 37.4 Å². The summed E-state index contributed by atoms with van der Waals surface area (Å²) in [6, 6.07) is 1.66. The van der Waals surface area contributed by atoms with Gasteiger partial charge in [-0.1, -0.05) is 0 Å². The third-order valence-corrected chi connectivity index (χ3v) is 2.82. The number of aromatic amines is 1. The Morgan fingerprint density at radius 1 is 1.56 bits per heavy atom. The maximum Gasteiger partial charge on any atom is 0.337 e. The summed E-state index contributed by atoms with van der Waals surface area (Å²) >= 11 is 0. The predicted molar refractivity (Wildman–Crippen MR) is 66.2 cm³/mol. The molecule has 96 valence electrons. The van der Waals surface area contributed by atoms with Crippen molar-refractivity contribution < 1.29 is 9.90 Å². The number of carboxylic acids is 1. The number of carbonyl (C=O) groups is 1. The number of H-pyrrole nitrogens is 1. The molecule has 0 amide bonds. The molecule has 0 radical (unpaired) electrons. The lowest BCUT2D eigenvalue weighted by atomic mass is 10.2. The minimum absolute atomic E-state index is 0.323. The van der Waals surface area contributed by atoms with Gasteiger partial charge in [-0.15, -0.1) is 0 Å². The first-order valence-electron chi connectivity index (χ1n) is 5.66. The number of aryl methyl sites for hydroxylation is 2. The number of imidazole rings is 1. The Labute approximate surface area is 105 Å². The Balaban J connectivity index is 1.93. The monoisotopic (exact) mass is 248 g/mol. The Hall–Kier alpha value is -2.08. The van der Waals surface area contributed by atoms with E-state index in [-0.39, 0.29) is 0 Å². The third kappa shape index (κ3) is 2.60. The quantitative estimate of drug-likeness (QED) is 0.738. The maximum absolute atomic E-state index is 10.9. The van der Waals surface area contributed by atoms with Crippen LogP contribution >= 0.6 is 0 Å². The van der Waals surface area contributed by atoms with Crippen molar-refractivity contribution >= 4 is 5.97 Å². The van der Waals surface area contributed by atoms with E-state index in [2.05, 4.69) is 15.3 Å². The molecule has 0 aliphatic heterocycles. The molecule has 2 aromatic rings. The van der Waals surface area contributed by atoms with Crippen molar-refractivity contribution in [2.24, 2.45) is 7.05 Å². The molecule has 18 heavy (non-hydrogen) atoms. The summed E-state index contributed by atoms with van der Waals surface area (Å²) in [5, 5.41) is 12.2. The normalized spacial score (nSPS) is 10.8. The Morgan fingerprint density at radius 2 is 2.33 bits per heavy atom. The molecule has 2 heterocycles. The van der Waals surface area contributed by atoms with Crippen LogP contribution < -0.4 is 5.32 Å². The van der Waals surface area contributed by atoms with Gasteiger partial charge in [0.05, 0.1) is 12.1 Å². The first kappa shape index (κ1) is 12.4. The van der Waals surface area contributed by atoms with E-state index in [1.54, 1.807) is 19.2 Å². The molecule has 0 bridgehead atoms. The first-order chi connectivity index (χ1) is 8.58. The average Bonchev–Trinajstić information content (AvgIpc) is 2.86. The van der Waals surface area contributed by atoms with Crippen LogP contribution in [0.1, 0.15) is 27.6 Å². The molecule has 3 N–H and O–H groups in total. The molecule has 0 aliphatic rings. The van der Waals surface area contributed by atoms with Gasteiger partial charge >= 0.3 is 5.97 Å². The van der Waals surface area contributed by atoms with Gasteiger partial charge in [-0.3, -0.25) is 0 Å². The van der Waals surface area contributed by atoms with Gasteiger partial charge in [0.15, 0.2) is 0 Å². The molecule has 0 atom stereocenters. The molecule has 0 unspecified atom stereocenters. The van der Waals surface area contributed by atoms with E-state index in [4.69, 9.17) is 5.11 Å². The summed E-state index contributed by atoms with van der Waals surface area (Å²) in [4.78, 5) is 18.1. The highest BCUT2D eigenvalue weighted by Gasteiger charge is 2.10. The summed E-state index contributed by atoms with van der Waals surface area (Å²) in [7, 11) is 1.94. The second-order valence-electron chi connectivity index (χ2n) is 4.20. The van der Waals surface area contributed by atoms with Gasteiger partial charge in [0.1, 0.15) is 5.82 Å². The van der Waals surface area contributed by atoms with Crippen LogP contribution in [-0.4, -0.2) is 25.6 Å². The number of carboxylic acid groups (broad SMARTS) is 1. The molecule has 2 rings (SSSR count). The smallest absolute Gasteiger partial charge is 0.337 e. The minimum atomic E-state index is -0.904. The van der Waals surface area contributed by atoms with Gasteiger partial charge in [-0.05, 0) is 13.0 Å². The molecular weight excluding hydrogens is 232 g/mol. The maximum atomic E-state index is 10.9. The van der Waals surface area contributed by atoms with Crippen LogP contribution in [0.3, 0.4) is 0 Å². The number of nitrogens with zero attached hydrogens (tertiary/aromatic N) is 2. The Bertz CT molecular complexity index is 556. The third-order valence-electron chi connectivity index (χ3n) is 2.82. The minimum Gasteiger partial charge on any atom is -0.478 e. The zero-order chi connectivity index (χ0) is 13.1. The van der Waals surface area contributed by atoms with Crippen molar-refractivity contribution in [2.75, 3.05) is 0 Å². The lowest BCUT2D eigenvalue weighted by Gasteiger charge is -2.03. The summed E-state index contributed by atoms with van der Waals surface area (Å²) in [6.45, 7) is 2.98. The van der Waals surface area contributed by atoms with E-state index >= 15 is 0 Å². The molecule has 0 aromatic carbocycles. The van der Waals surface area contributed by atoms with Crippen LogP contribution in [-0.2, 0) is 20.1 Å². The van der Waals surface area contributed by atoms with Gasteiger partial charge in [0.25, 0.3) is 0 Å². The van der Waals surface area contributed by atoms with Crippen LogP contribution in [0.25, 0.3) is 0 Å². The van der Waals surface area contributed by atoms with Crippen molar-refractivity contribution in [3.8, 4) is 0 Å². The number of rotatable bonds is 5. The van der Waals surface area contributed by atoms with E-state index in [0.717, 1.165) is 11.5 Å². The summed E-state index contributed by atoms with van der Waals surface area (Å²) in [5.41, 5.74) is 1.86. The number of hydrogen-bond donors (Lipinski definition) is 3. The van der Waals surface area contributed by atoms with Gasteiger partial charge < -0.3 is 20.0 Å². The van der Waals surface area contributed by atoms with Crippen LogP contribution in [0.4, 0.5) is 0 Å². The Kier molecular flexibility index (Phi) is 3.47. The SMILES string of the molecule is Cc1[nH]c(CNCc2nccn2C)cc1C(=O)O. The van der Waals surface area contributed by atoms with Crippen molar-refractivity contribution in [2.45, 2.75) is 20.0 Å². The lowest BCUT2D eigenvalue weighted by molar-refractivity contribution is 0.0696. The topological polar surface area (TPSA) is 82.9 Å². The van der Waals surface area contributed by atoms with Crippen molar-refractivity contribution in [1.82, 2.24) is 19.9 Å². The number of nitrogens with one attached hydrogen (secondary N) is 2. The molecule has 0 saturated carbocycles. The summed E-state index contributed by atoms with van der Waals surface area (Å²) in [6.07, 6.45) is 3.64. The van der Waals surface area contributed by atoms with Crippen LogP contribution in [0, 0.1) is 6.92 Å². The highest BCUT2D eigenvalue weighted by molar-refractivity contribution is 5.89. The van der Waals surface area contributed by atoms with Crippen molar-refractivity contribution in [3.63, 3.8) is 0 Å². The van der Waals surface area contributed by atoms with Gasteiger partial charge in [-0.25, -0.2) is 9.78 Å². The molecule has 6 heteroatoms. The fourth-order valence-electron chi connectivity index (χ4n) is 1.82. The largest absolute Gasteiger partial charge is 0.478 e. The second-order valence-corrected chi connectivity index (χ2v) is 4.20. The highest BCUT2D eigenvalue weighted by Crippen LogP contribution is 2.09. The Morgan fingerprint density at radius 3 is 2.89 bits per heavy atom. The zero-order valence-electron chi connectivity index (χ0n) is 10.4. The average molecular weight is 248 g/mol. The number of hydrogen-bond acceptors (Lipinski definition) is 3. The molecule has 0 fully saturated rings. The first-order valence-corrected chi connectivity index (χ1v) is 5.66. The van der Waals surface area contributed by atoms with Gasteiger partial charge in [0.2, 0.25) is 0 Å². The van der Waals surface area contributed by atoms with E-state index in [0.29, 0.717) is 24.3 Å². The molecule has 0 aliphatic carbocycles. The van der Waals surface area contributed by atoms with E-state index in [1.165, 1.54) is 0 Å². The molecule has 6 nitrogen and oxygen atoms in total.